The summed E-state index contributed by atoms with van der Waals surface area (Å²) in [5, 5.41) is 21.1. The smallest absolute Gasteiger partial charge is 0.490 e. The molecule has 1 saturated heterocycles. The van der Waals surface area contributed by atoms with E-state index in [4.69, 9.17) is 38.8 Å². The van der Waals surface area contributed by atoms with Gasteiger partial charge in [0.05, 0.1) is 10.0 Å². The number of benzene rings is 1. The largest absolute Gasteiger partial charge is 0.508 e. The van der Waals surface area contributed by atoms with Crippen LogP contribution in [0.4, 0.5) is 13.2 Å². The van der Waals surface area contributed by atoms with E-state index in [1.807, 2.05) is 0 Å². The second kappa shape index (κ2) is 8.75. The van der Waals surface area contributed by atoms with Crippen LogP contribution in [0, 0.1) is 5.92 Å². The van der Waals surface area contributed by atoms with Crippen LogP contribution in [0.3, 0.4) is 0 Å². The number of carboxylic acids is 1. The van der Waals surface area contributed by atoms with Crippen molar-refractivity contribution in [3.8, 4) is 5.75 Å². The molecule has 2 rings (SSSR count). The molecule has 5 nitrogen and oxygen atoms in total. The standard InChI is InChI=1S/C12H16Cl2N2O.C2HF3O2/c13-9-5-8(11(17)6-10(9)14)12(15)7-1-3-16-4-2-7;3-2(4,5)1(6)7/h5-7,12,16-17H,1-4,15H2;(H,6,7)/t12-;/m0./s1. The molecular weight excluding hydrogens is 372 g/mol. The van der Waals surface area contributed by atoms with Gasteiger partial charge >= 0.3 is 12.1 Å². The molecule has 1 aromatic carbocycles. The van der Waals surface area contributed by atoms with Gasteiger partial charge in [0.2, 0.25) is 0 Å². The van der Waals surface area contributed by atoms with E-state index in [1.165, 1.54) is 6.07 Å². The van der Waals surface area contributed by atoms with Crippen molar-refractivity contribution in [2.45, 2.75) is 25.1 Å². The molecule has 0 bridgehead atoms. The number of hydrogen-bond acceptors (Lipinski definition) is 4. The fourth-order valence-electron chi connectivity index (χ4n) is 2.28. The highest BCUT2D eigenvalue weighted by Gasteiger charge is 2.38. The van der Waals surface area contributed by atoms with E-state index >= 15 is 0 Å². The average molecular weight is 389 g/mol. The van der Waals surface area contributed by atoms with E-state index in [2.05, 4.69) is 5.32 Å². The molecule has 0 saturated carbocycles. The molecule has 5 N–H and O–H groups in total. The van der Waals surface area contributed by atoms with Gasteiger partial charge in [-0.15, -0.1) is 0 Å². The Morgan fingerprint density at radius 3 is 2.17 bits per heavy atom. The lowest BCUT2D eigenvalue weighted by molar-refractivity contribution is -0.192. The Labute approximate surface area is 146 Å². The second-order valence-corrected chi connectivity index (χ2v) is 6.06. The number of hydrogen-bond donors (Lipinski definition) is 4. The lowest BCUT2D eigenvalue weighted by atomic mass is 9.86. The van der Waals surface area contributed by atoms with Gasteiger partial charge in [-0.2, -0.15) is 13.2 Å². The number of aromatic hydroxyl groups is 1. The number of nitrogens with two attached hydrogens (primary N) is 1. The Balaban J connectivity index is 0.000000351. The molecule has 1 aromatic rings. The lowest BCUT2D eigenvalue weighted by Crippen LogP contribution is -2.33. The van der Waals surface area contributed by atoms with E-state index in [-0.39, 0.29) is 11.8 Å². The summed E-state index contributed by atoms with van der Waals surface area (Å²) in [5.41, 5.74) is 6.89. The molecule has 0 spiro atoms. The van der Waals surface area contributed by atoms with Crippen LogP contribution in [-0.4, -0.2) is 35.4 Å². The highest BCUT2D eigenvalue weighted by Crippen LogP contribution is 2.36. The quantitative estimate of drug-likeness (QED) is 0.623. The number of alkyl halides is 3. The molecule has 10 heteroatoms. The van der Waals surface area contributed by atoms with E-state index in [9.17, 15) is 18.3 Å². The first kappa shape index (κ1) is 20.8. The number of halogens is 5. The van der Waals surface area contributed by atoms with Crippen LogP contribution in [0.5, 0.6) is 5.75 Å². The third-order valence-electron chi connectivity index (χ3n) is 3.56. The molecule has 0 unspecified atom stereocenters. The van der Waals surface area contributed by atoms with Gasteiger partial charge in [0.15, 0.2) is 0 Å². The number of piperidine rings is 1. The molecule has 0 amide bonds. The minimum atomic E-state index is -5.08. The van der Waals surface area contributed by atoms with E-state index < -0.39 is 12.1 Å². The predicted molar refractivity (Wildman–Crippen MR) is 84.3 cm³/mol. The molecule has 24 heavy (non-hydrogen) atoms. The van der Waals surface area contributed by atoms with Crippen LogP contribution in [0.2, 0.25) is 10.0 Å². The number of rotatable bonds is 2. The van der Waals surface area contributed by atoms with Crippen molar-refractivity contribution >= 4 is 29.2 Å². The molecular formula is C14H17Cl2F3N2O3. The van der Waals surface area contributed by atoms with Gasteiger partial charge in [-0.1, -0.05) is 23.2 Å². The first-order valence-corrected chi connectivity index (χ1v) is 7.74. The van der Waals surface area contributed by atoms with Crippen molar-refractivity contribution in [1.29, 1.82) is 0 Å². The van der Waals surface area contributed by atoms with Crippen molar-refractivity contribution in [3.63, 3.8) is 0 Å². The van der Waals surface area contributed by atoms with Gasteiger partial charge in [0, 0.05) is 17.7 Å². The van der Waals surface area contributed by atoms with Crippen LogP contribution in [-0.2, 0) is 4.79 Å². The monoisotopic (exact) mass is 388 g/mol. The van der Waals surface area contributed by atoms with Gasteiger partial charge in [-0.3, -0.25) is 0 Å². The van der Waals surface area contributed by atoms with E-state index in [0.717, 1.165) is 25.9 Å². The maximum Gasteiger partial charge on any atom is 0.490 e. The zero-order valence-corrected chi connectivity index (χ0v) is 13.9. The van der Waals surface area contributed by atoms with Gasteiger partial charge in [0.25, 0.3) is 0 Å². The van der Waals surface area contributed by atoms with Crippen molar-refractivity contribution in [3.05, 3.63) is 27.7 Å². The molecule has 136 valence electrons. The zero-order chi connectivity index (χ0) is 18.5. The summed E-state index contributed by atoms with van der Waals surface area (Å²) in [6.45, 7) is 1.95. The van der Waals surface area contributed by atoms with Gasteiger partial charge in [0.1, 0.15) is 5.75 Å². The van der Waals surface area contributed by atoms with Gasteiger partial charge in [-0.25, -0.2) is 4.79 Å². The highest BCUT2D eigenvalue weighted by atomic mass is 35.5. The zero-order valence-electron chi connectivity index (χ0n) is 12.4. The number of carbonyl (C=O) groups is 1. The maximum absolute atomic E-state index is 10.6. The van der Waals surface area contributed by atoms with Crippen LogP contribution in [0.1, 0.15) is 24.4 Å². The normalized spacial score (nSPS) is 16.9. The molecule has 1 aliphatic heterocycles. The average Bonchev–Trinajstić information content (AvgIpc) is 2.51. The maximum atomic E-state index is 10.6. The number of carboxylic acid groups (broad SMARTS) is 1. The third-order valence-corrected chi connectivity index (χ3v) is 4.29. The Hall–Kier alpha value is -1.22. The predicted octanol–water partition coefficient (Wildman–Crippen LogP) is 3.33. The number of nitrogens with one attached hydrogen (secondary N) is 1. The van der Waals surface area contributed by atoms with Gasteiger partial charge < -0.3 is 21.3 Å². The molecule has 0 radical (unpaired) electrons. The Kier molecular flexibility index (Phi) is 7.59. The topological polar surface area (TPSA) is 95.6 Å². The Morgan fingerprint density at radius 1 is 1.25 bits per heavy atom. The molecule has 1 atom stereocenters. The van der Waals surface area contributed by atoms with Gasteiger partial charge in [-0.05, 0) is 37.9 Å². The van der Waals surface area contributed by atoms with Crippen molar-refractivity contribution in [1.82, 2.24) is 5.32 Å². The fourth-order valence-corrected chi connectivity index (χ4v) is 2.61. The molecule has 0 aliphatic carbocycles. The summed E-state index contributed by atoms with van der Waals surface area (Å²) in [6, 6.07) is 2.94. The number of aliphatic carboxylic acids is 1. The van der Waals surface area contributed by atoms with Crippen molar-refractivity contribution < 1.29 is 28.2 Å². The highest BCUT2D eigenvalue weighted by molar-refractivity contribution is 6.42. The van der Waals surface area contributed by atoms with Crippen LogP contribution in [0.15, 0.2) is 12.1 Å². The van der Waals surface area contributed by atoms with Crippen molar-refractivity contribution in [2.24, 2.45) is 11.7 Å². The first-order valence-electron chi connectivity index (χ1n) is 6.98. The summed E-state index contributed by atoms with van der Waals surface area (Å²) in [7, 11) is 0. The summed E-state index contributed by atoms with van der Waals surface area (Å²) in [5.74, 6) is -2.25. The number of phenols is 1. The van der Waals surface area contributed by atoms with Crippen LogP contribution >= 0.6 is 23.2 Å². The second-order valence-electron chi connectivity index (χ2n) is 5.24. The molecule has 0 aromatic heterocycles. The van der Waals surface area contributed by atoms with E-state index in [0.29, 0.717) is 21.5 Å². The summed E-state index contributed by atoms with van der Waals surface area (Å²) >= 11 is 11.8. The number of phenolic OH excluding ortho intramolecular Hbond substituents is 1. The first-order chi connectivity index (χ1) is 11.0. The third kappa shape index (κ3) is 6.01. The fraction of sp³-hybridized carbons (Fsp3) is 0.500. The molecule has 1 heterocycles. The lowest BCUT2D eigenvalue weighted by Gasteiger charge is -2.28. The molecule has 1 aliphatic rings. The minimum absolute atomic E-state index is 0.130. The minimum Gasteiger partial charge on any atom is -0.508 e. The summed E-state index contributed by atoms with van der Waals surface area (Å²) in [4.78, 5) is 8.90. The van der Waals surface area contributed by atoms with E-state index in [1.54, 1.807) is 6.07 Å². The Morgan fingerprint density at radius 2 is 1.71 bits per heavy atom. The molecule has 1 fully saturated rings. The van der Waals surface area contributed by atoms with Crippen molar-refractivity contribution in [2.75, 3.05) is 13.1 Å². The van der Waals surface area contributed by atoms with Crippen LogP contribution < -0.4 is 11.1 Å². The summed E-state index contributed by atoms with van der Waals surface area (Å²) < 4.78 is 31.7. The Bertz CT molecular complexity index is 579. The summed E-state index contributed by atoms with van der Waals surface area (Å²) in [6.07, 6.45) is -3.05. The van der Waals surface area contributed by atoms with Crippen LogP contribution in [0.25, 0.3) is 0 Å². The SMILES string of the molecule is N[C@H](c1cc(Cl)c(Cl)cc1O)C1CCNCC1.O=C(O)C(F)(F)F.